The van der Waals surface area contributed by atoms with Gasteiger partial charge in [0.25, 0.3) is 0 Å². The highest BCUT2D eigenvalue weighted by Gasteiger charge is 2.22. The van der Waals surface area contributed by atoms with Crippen LogP contribution in [0.2, 0.25) is 0 Å². The summed E-state index contributed by atoms with van der Waals surface area (Å²) in [5, 5.41) is 11.7. The zero-order chi connectivity index (χ0) is 29.9. The van der Waals surface area contributed by atoms with Crippen molar-refractivity contribution in [1.82, 2.24) is 29.3 Å². The highest BCUT2D eigenvalue weighted by atomic mass is 16.1. The molecule has 44 heavy (non-hydrogen) atoms. The summed E-state index contributed by atoms with van der Waals surface area (Å²) in [5.74, 6) is -0.238. The zero-order valence-corrected chi connectivity index (χ0v) is 24.4. The Labute approximate surface area is 256 Å². The minimum atomic E-state index is -0.238. The first-order valence-corrected chi connectivity index (χ1v) is 14.9. The maximum absolute atomic E-state index is 11.7. The SMILES string of the molecule is C=CC(=O)Nc1cccc(-c2cn(C3CCN(Cc4ccc(-c5nc6ccccn6c5-c5ccccc5)cc4)CC3)nn2)c1. The Morgan fingerprint density at radius 3 is 2.45 bits per heavy atom. The van der Waals surface area contributed by atoms with Crippen LogP contribution in [0.15, 0.2) is 122 Å². The van der Waals surface area contributed by atoms with E-state index in [-0.39, 0.29) is 5.91 Å². The molecule has 1 N–H and O–H groups in total. The van der Waals surface area contributed by atoms with Crippen LogP contribution in [0.1, 0.15) is 24.4 Å². The average Bonchev–Trinajstić information content (AvgIpc) is 3.72. The van der Waals surface area contributed by atoms with Crippen LogP contribution < -0.4 is 5.32 Å². The van der Waals surface area contributed by atoms with Crippen LogP contribution in [-0.4, -0.2) is 48.3 Å². The van der Waals surface area contributed by atoms with Gasteiger partial charge in [0.2, 0.25) is 5.91 Å². The molecule has 0 unspecified atom stereocenters. The molecule has 0 atom stereocenters. The number of hydrogen-bond donors (Lipinski definition) is 1. The second-order valence-corrected chi connectivity index (χ2v) is 11.2. The van der Waals surface area contributed by atoms with Crippen molar-refractivity contribution in [3.63, 3.8) is 0 Å². The molecule has 1 amide bonds. The monoisotopic (exact) mass is 579 g/mol. The van der Waals surface area contributed by atoms with Gasteiger partial charge in [0.1, 0.15) is 11.3 Å². The number of aromatic nitrogens is 5. The van der Waals surface area contributed by atoms with Crippen LogP contribution in [-0.2, 0) is 11.3 Å². The number of amides is 1. The molecule has 4 heterocycles. The van der Waals surface area contributed by atoms with Gasteiger partial charge < -0.3 is 5.32 Å². The van der Waals surface area contributed by atoms with Crippen molar-refractivity contribution in [3.8, 4) is 33.8 Å². The van der Waals surface area contributed by atoms with E-state index >= 15 is 0 Å². The number of rotatable bonds is 8. The number of nitrogens with zero attached hydrogens (tertiary/aromatic N) is 6. The Bertz CT molecular complexity index is 1920. The molecule has 218 valence electrons. The van der Waals surface area contributed by atoms with Crippen molar-refractivity contribution in [2.24, 2.45) is 0 Å². The summed E-state index contributed by atoms with van der Waals surface area (Å²) in [6, 6.07) is 33.4. The van der Waals surface area contributed by atoms with Gasteiger partial charge in [-0.05, 0) is 48.7 Å². The topological polar surface area (TPSA) is 80.4 Å². The molecule has 3 aromatic heterocycles. The third kappa shape index (κ3) is 5.67. The van der Waals surface area contributed by atoms with E-state index in [1.807, 2.05) is 53.3 Å². The number of fused-ring (bicyclic) bond motifs is 1. The summed E-state index contributed by atoms with van der Waals surface area (Å²) in [5.41, 5.74) is 9.03. The summed E-state index contributed by atoms with van der Waals surface area (Å²) in [7, 11) is 0. The van der Waals surface area contributed by atoms with Crippen LogP contribution >= 0.6 is 0 Å². The van der Waals surface area contributed by atoms with Gasteiger partial charge in [0, 0.05) is 48.2 Å². The third-order valence-electron chi connectivity index (χ3n) is 8.26. The number of imidazole rings is 1. The summed E-state index contributed by atoms with van der Waals surface area (Å²) in [4.78, 5) is 19.2. The van der Waals surface area contributed by atoms with Gasteiger partial charge >= 0.3 is 0 Å². The van der Waals surface area contributed by atoms with Crippen LogP contribution in [0.3, 0.4) is 0 Å². The molecule has 7 rings (SSSR count). The molecule has 3 aromatic carbocycles. The normalized spacial score (nSPS) is 14.1. The first kappa shape index (κ1) is 27.5. The molecule has 8 heteroatoms. The fraction of sp³-hybridized carbons (Fsp3) is 0.167. The summed E-state index contributed by atoms with van der Waals surface area (Å²) in [6.07, 6.45) is 7.37. The number of likely N-dealkylation sites (tertiary alicyclic amines) is 1. The van der Waals surface area contributed by atoms with E-state index in [1.54, 1.807) is 0 Å². The first-order valence-electron chi connectivity index (χ1n) is 14.9. The summed E-state index contributed by atoms with van der Waals surface area (Å²) in [6.45, 7) is 6.41. The van der Waals surface area contributed by atoms with Crippen LogP contribution in [0.4, 0.5) is 5.69 Å². The van der Waals surface area contributed by atoms with Gasteiger partial charge in [-0.15, -0.1) is 5.10 Å². The number of benzene rings is 3. The maximum Gasteiger partial charge on any atom is 0.247 e. The molecule has 0 spiro atoms. The number of hydrogen-bond acceptors (Lipinski definition) is 5. The molecule has 1 aliphatic heterocycles. The Kier molecular flexibility index (Phi) is 7.56. The van der Waals surface area contributed by atoms with E-state index in [9.17, 15) is 4.79 Å². The largest absolute Gasteiger partial charge is 0.323 e. The lowest BCUT2D eigenvalue weighted by Crippen LogP contribution is -2.34. The number of anilines is 1. The number of nitrogens with one attached hydrogen (secondary N) is 1. The standard InChI is InChI=1S/C36H33N7O/c1-2-34(44)37-30-12-8-11-29(23-30)32-25-43(40-39-32)31-18-21-41(22-19-31)24-26-14-16-27(17-15-26)35-36(28-9-4-3-5-10-28)42-20-7-6-13-33(42)38-35/h2-17,20,23,25,31H,1,18-19,21-22,24H2,(H,37,44). The second-order valence-electron chi connectivity index (χ2n) is 11.2. The first-order chi connectivity index (χ1) is 21.6. The predicted octanol–water partition coefficient (Wildman–Crippen LogP) is 6.89. The smallest absolute Gasteiger partial charge is 0.247 e. The zero-order valence-electron chi connectivity index (χ0n) is 24.4. The van der Waals surface area contributed by atoms with Crippen molar-refractivity contribution in [2.75, 3.05) is 18.4 Å². The fourth-order valence-electron chi connectivity index (χ4n) is 5.97. The molecule has 0 radical (unpaired) electrons. The lowest BCUT2D eigenvalue weighted by Gasteiger charge is -2.31. The lowest BCUT2D eigenvalue weighted by molar-refractivity contribution is -0.111. The summed E-state index contributed by atoms with van der Waals surface area (Å²) < 4.78 is 4.16. The van der Waals surface area contributed by atoms with Gasteiger partial charge in [-0.2, -0.15) is 0 Å². The molecule has 6 aromatic rings. The fourth-order valence-corrected chi connectivity index (χ4v) is 5.97. The van der Waals surface area contributed by atoms with Crippen molar-refractivity contribution >= 4 is 17.2 Å². The average molecular weight is 580 g/mol. The Morgan fingerprint density at radius 1 is 0.886 bits per heavy atom. The van der Waals surface area contributed by atoms with Gasteiger partial charge in [-0.1, -0.05) is 84.6 Å². The maximum atomic E-state index is 11.7. The van der Waals surface area contributed by atoms with Crippen molar-refractivity contribution in [1.29, 1.82) is 0 Å². The van der Waals surface area contributed by atoms with Crippen molar-refractivity contribution in [3.05, 3.63) is 128 Å². The molecule has 1 fully saturated rings. The minimum Gasteiger partial charge on any atom is -0.323 e. The minimum absolute atomic E-state index is 0.238. The van der Waals surface area contributed by atoms with Crippen molar-refractivity contribution < 1.29 is 4.79 Å². The Morgan fingerprint density at radius 2 is 1.66 bits per heavy atom. The molecule has 1 saturated heterocycles. The lowest BCUT2D eigenvalue weighted by atomic mass is 10.0. The van der Waals surface area contributed by atoms with Gasteiger partial charge in [-0.25, -0.2) is 9.67 Å². The predicted molar refractivity (Wildman–Crippen MR) is 174 cm³/mol. The second kappa shape index (κ2) is 12.1. The molecule has 0 aliphatic carbocycles. The van der Waals surface area contributed by atoms with Gasteiger partial charge in [-0.3, -0.25) is 14.1 Å². The van der Waals surface area contributed by atoms with Crippen molar-refractivity contribution in [2.45, 2.75) is 25.4 Å². The van der Waals surface area contributed by atoms with E-state index < -0.39 is 0 Å². The highest BCUT2D eigenvalue weighted by Crippen LogP contribution is 2.33. The molecular formula is C36H33N7O. The van der Waals surface area contributed by atoms with E-state index in [1.165, 1.54) is 11.6 Å². The van der Waals surface area contributed by atoms with E-state index in [0.717, 1.165) is 71.9 Å². The quantitative estimate of drug-likeness (QED) is 0.199. The number of piperidine rings is 1. The Balaban J connectivity index is 1.00. The summed E-state index contributed by atoms with van der Waals surface area (Å²) >= 11 is 0. The molecule has 0 saturated carbocycles. The van der Waals surface area contributed by atoms with E-state index in [4.69, 9.17) is 4.98 Å². The molecule has 1 aliphatic rings. The van der Waals surface area contributed by atoms with Crippen LogP contribution in [0.5, 0.6) is 0 Å². The van der Waals surface area contributed by atoms with E-state index in [0.29, 0.717) is 11.7 Å². The van der Waals surface area contributed by atoms with Gasteiger partial charge in [0.05, 0.1) is 23.6 Å². The highest BCUT2D eigenvalue weighted by molar-refractivity contribution is 5.99. The van der Waals surface area contributed by atoms with E-state index in [2.05, 4.69) is 92.3 Å². The number of pyridine rings is 1. The Hall–Kier alpha value is -5.34. The third-order valence-corrected chi connectivity index (χ3v) is 8.26. The van der Waals surface area contributed by atoms with Gasteiger partial charge in [0.15, 0.2) is 0 Å². The molecule has 0 bridgehead atoms. The van der Waals surface area contributed by atoms with Crippen LogP contribution in [0, 0.1) is 0 Å². The number of carbonyl (C=O) groups is 1. The molecule has 8 nitrogen and oxygen atoms in total. The molecular weight excluding hydrogens is 546 g/mol. The number of carbonyl (C=O) groups excluding carboxylic acids is 1. The van der Waals surface area contributed by atoms with Crippen LogP contribution in [0.25, 0.3) is 39.4 Å².